The standard InChI is InChI=1S/C21H28N4O2.HI/c1-4-22-21(23-12-16-9-10-19-20(11-16)27-15-26-19)24-13-17-7-5-6-8-18(17)14-25(2)3;/h5-11H,4,12-15H2,1-3H3,(H2,22,23,24);1H. The normalized spacial score (nSPS) is 12.6. The number of ether oxygens (including phenoxy) is 2. The molecule has 1 heterocycles. The molecule has 2 aromatic carbocycles. The molecule has 0 bridgehead atoms. The van der Waals surface area contributed by atoms with Gasteiger partial charge in [-0.3, -0.25) is 0 Å². The molecule has 152 valence electrons. The second kappa shape index (κ2) is 11.1. The van der Waals surface area contributed by atoms with E-state index in [2.05, 4.69) is 60.8 Å². The number of aliphatic imine (C=N–C) groups is 1. The summed E-state index contributed by atoms with van der Waals surface area (Å²) < 4.78 is 10.8. The highest BCUT2D eigenvalue weighted by molar-refractivity contribution is 14.0. The molecule has 7 heteroatoms. The van der Waals surface area contributed by atoms with Crippen molar-refractivity contribution in [1.82, 2.24) is 15.5 Å². The molecule has 3 rings (SSSR count). The monoisotopic (exact) mass is 496 g/mol. The van der Waals surface area contributed by atoms with Gasteiger partial charge < -0.3 is 25.0 Å². The molecule has 28 heavy (non-hydrogen) atoms. The van der Waals surface area contributed by atoms with Crippen LogP contribution in [0.4, 0.5) is 0 Å². The molecule has 2 N–H and O–H groups in total. The molecule has 0 saturated heterocycles. The molecule has 0 saturated carbocycles. The maximum Gasteiger partial charge on any atom is 0.231 e. The number of fused-ring (bicyclic) bond motifs is 1. The number of rotatable bonds is 7. The first-order valence-electron chi connectivity index (χ1n) is 9.28. The maximum absolute atomic E-state index is 5.44. The predicted molar refractivity (Wildman–Crippen MR) is 123 cm³/mol. The van der Waals surface area contributed by atoms with Gasteiger partial charge in [0.05, 0.1) is 6.54 Å². The van der Waals surface area contributed by atoms with E-state index in [0.29, 0.717) is 13.3 Å². The van der Waals surface area contributed by atoms with Gasteiger partial charge >= 0.3 is 0 Å². The van der Waals surface area contributed by atoms with Crippen LogP contribution in [0.5, 0.6) is 11.5 Å². The largest absolute Gasteiger partial charge is 0.454 e. The van der Waals surface area contributed by atoms with Gasteiger partial charge in [-0.2, -0.15) is 0 Å². The second-order valence-corrected chi connectivity index (χ2v) is 6.74. The maximum atomic E-state index is 5.44. The second-order valence-electron chi connectivity index (χ2n) is 6.74. The van der Waals surface area contributed by atoms with E-state index < -0.39 is 0 Å². The molecule has 0 fully saturated rings. The first kappa shape index (κ1) is 22.3. The van der Waals surface area contributed by atoms with E-state index in [9.17, 15) is 0 Å². The Morgan fingerprint density at radius 1 is 1.04 bits per heavy atom. The van der Waals surface area contributed by atoms with Gasteiger partial charge in [0.2, 0.25) is 6.79 Å². The third-order valence-electron chi connectivity index (χ3n) is 4.25. The topological polar surface area (TPSA) is 58.1 Å². The number of guanidine groups is 1. The van der Waals surface area contributed by atoms with Crippen LogP contribution < -0.4 is 20.1 Å². The minimum Gasteiger partial charge on any atom is -0.454 e. The van der Waals surface area contributed by atoms with Crippen LogP contribution in [0.25, 0.3) is 0 Å². The summed E-state index contributed by atoms with van der Waals surface area (Å²) >= 11 is 0. The Hall–Kier alpha value is -2.00. The van der Waals surface area contributed by atoms with Crippen LogP contribution in [-0.2, 0) is 19.6 Å². The average Bonchev–Trinajstić information content (AvgIpc) is 3.12. The summed E-state index contributed by atoms with van der Waals surface area (Å²) in [5.74, 6) is 2.39. The van der Waals surface area contributed by atoms with Crippen molar-refractivity contribution in [2.24, 2.45) is 4.99 Å². The van der Waals surface area contributed by atoms with Crippen LogP contribution in [0.3, 0.4) is 0 Å². The Morgan fingerprint density at radius 2 is 1.79 bits per heavy atom. The van der Waals surface area contributed by atoms with Crippen LogP contribution >= 0.6 is 24.0 Å². The highest BCUT2D eigenvalue weighted by Gasteiger charge is 2.13. The van der Waals surface area contributed by atoms with Gasteiger partial charge in [0, 0.05) is 19.6 Å². The van der Waals surface area contributed by atoms with Crippen LogP contribution in [-0.4, -0.2) is 38.3 Å². The van der Waals surface area contributed by atoms with Crippen LogP contribution in [0, 0.1) is 0 Å². The smallest absolute Gasteiger partial charge is 0.231 e. The molecule has 0 spiro atoms. The zero-order valence-electron chi connectivity index (χ0n) is 16.7. The van der Waals surface area contributed by atoms with Crippen molar-refractivity contribution < 1.29 is 9.47 Å². The molecule has 6 nitrogen and oxygen atoms in total. The van der Waals surface area contributed by atoms with Gasteiger partial charge in [0.15, 0.2) is 17.5 Å². The number of hydrogen-bond acceptors (Lipinski definition) is 4. The fourth-order valence-corrected chi connectivity index (χ4v) is 2.96. The molecule has 1 aliphatic rings. The predicted octanol–water partition coefficient (Wildman–Crippen LogP) is 3.35. The third kappa shape index (κ3) is 6.27. The van der Waals surface area contributed by atoms with E-state index in [0.717, 1.165) is 42.7 Å². The lowest BCUT2D eigenvalue weighted by Crippen LogP contribution is -2.37. The number of halogens is 1. The van der Waals surface area contributed by atoms with Gasteiger partial charge in [0.1, 0.15) is 0 Å². The van der Waals surface area contributed by atoms with E-state index in [1.54, 1.807) is 0 Å². The minimum absolute atomic E-state index is 0. The molecule has 2 aromatic rings. The van der Waals surface area contributed by atoms with Gasteiger partial charge in [-0.1, -0.05) is 30.3 Å². The van der Waals surface area contributed by atoms with E-state index in [4.69, 9.17) is 14.5 Å². The zero-order valence-corrected chi connectivity index (χ0v) is 19.0. The lowest BCUT2D eigenvalue weighted by Gasteiger charge is -2.16. The highest BCUT2D eigenvalue weighted by Crippen LogP contribution is 2.32. The molecule has 0 aliphatic carbocycles. The van der Waals surface area contributed by atoms with Crippen LogP contribution in [0.1, 0.15) is 23.6 Å². The lowest BCUT2D eigenvalue weighted by molar-refractivity contribution is 0.174. The first-order chi connectivity index (χ1) is 13.2. The molecule has 0 atom stereocenters. The summed E-state index contributed by atoms with van der Waals surface area (Å²) in [6.07, 6.45) is 0. The van der Waals surface area contributed by atoms with Gasteiger partial charge in [-0.25, -0.2) is 4.99 Å². The summed E-state index contributed by atoms with van der Waals surface area (Å²) in [5.41, 5.74) is 3.69. The van der Waals surface area contributed by atoms with Gasteiger partial charge in [-0.05, 0) is 49.8 Å². The number of nitrogens with one attached hydrogen (secondary N) is 2. The van der Waals surface area contributed by atoms with Gasteiger partial charge in [0.25, 0.3) is 0 Å². The number of hydrogen-bond donors (Lipinski definition) is 2. The molecule has 0 aromatic heterocycles. The van der Waals surface area contributed by atoms with Crippen molar-refractivity contribution in [3.63, 3.8) is 0 Å². The van der Waals surface area contributed by atoms with Gasteiger partial charge in [-0.15, -0.1) is 24.0 Å². The molecular formula is C21H29IN4O2. The van der Waals surface area contributed by atoms with E-state index in [-0.39, 0.29) is 24.0 Å². The van der Waals surface area contributed by atoms with Crippen molar-refractivity contribution in [3.8, 4) is 11.5 Å². The van der Waals surface area contributed by atoms with Crippen molar-refractivity contribution >= 4 is 29.9 Å². The van der Waals surface area contributed by atoms with Crippen LogP contribution in [0.2, 0.25) is 0 Å². The zero-order chi connectivity index (χ0) is 19.1. The van der Waals surface area contributed by atoms with Crippen LogP contribution in [0.15, 0.2) is 47.5 Å². The van der Waals surface area contributed by atoms with Crippen molar-refractivity contribution in [2.45, 2.75) is 26.6 Å². The highest BCUT2D eigenvalue weighted by atomic mass is 127. The van der Waals surface area contributed by atoms with E-state index in [1.165, 1.54) is 11.1 Å². The molecular weight excluding hydrogens is 467 g/mol. The summed E-state index contributed by atoms with van der Waals surface area (Å²) in [5, 5.41) is 6.75. The molecule has 0 unspecified atom stereocenters. The quantitative estimate of drug-likeness (QED) is 0.350. The Kier molecular flexibility index (Phi) is 8.85. The fourth-order valence-electron chi connectivity index (χ4n) is 2.96. The average molecular weight is 496 g/mol. The third-order valence-corrected chi connectivity index (χ3v) is 4.25. The lowest BCUT2D eigenvalue weighted by atomic mass is 10.1. The SMILES string of the molecule is CCNC(=NCc1ccc2c(c1)OCO2)NCc1ccccc1CN(C)C.I. The molecule has 0 radical (unpaired) electrons. The Labute approximate surface area is 184 Å². The van der Waals surface area contributed by atoms with E-state index >= 15 is 0 Å². The summed E-state index contributed by atoms with van der Waals surface area (Å²) in [4.78, 5) is 6.88. The Balaban J connectivity index is 0.00000280. The Morgan fingerprint density at radius 3 is 2.54 bits per heavy atom. The molecule has 1 aliphatic heterocycles. The number of benzene rings is 2. The van der Waals surface area contributed by atoms with Crippen molar-refractivity contribution in [2.75, 3.05) is 27.4 Å². The summed E-state index contributed by atoms with van der Waals surface area (Å²) in [7, 11) is 4.17. The molecule has 0 amide bonds. The fraction of sp³-hybridized carbons (Fsp3) is 0.381. The minimum atomic E-state index is 0. The van der Waals surface area contributed by atoms with Crippen molar-refractivity contribution in [3.05, 3.63) is 59.2 Å². The summed E-state index contributed by atoms with van der Waals surface area (Å²) in [6.45, 7) is 5.40. The van der Waals surface area contributed by atoms with E-state index in [1.807, 2.05) is 18.2 Å². The van der Waals surface area contributed by atoms with Crippen molar-refractivity contribution in [1.29, 1.82) is 0 Å². The Bertz CT molecular complexity index is 796. The number of nitrogens with zero attached hydrogens (tertiary/aromatic N) is 2. The first-order valence-corrected chi connectivity index (χ1v) is 9.28. The summed E-state index contributed by atoms with van der Waals surface area (Å²) in [6, 6.07) is 14.4.